The number of pyridine rings is 1. The smallest absolute Gasteiger partial charge is 0.141 e. The van der Waals surface area contributed by atoms with Crippen molar-refractivity contribution in [2.24, 2.45) is 0 Å². The van der Waals surface area contributed by atoms with Crippen LogP contribution >= 0.6 is 0 Å². The first kappa shape index (κ1) is 13.5. The van der Waals surface area contributed by atoms with E-state index in [-0.39, 0.29) is 17.6 Å². The Morgan fingerprint density at radius 3 is 2.68 bits per heavy atom. The Labute approximate surface area is 112 Å². The third-order valence-electron chi connectivity index (χ3n) is 3.05. The van der Waals surface area contributed by atoms with Crippen LogP contribution in [-0.2, 0) is 6.54 Å². The minimum absolute atomic E-state index is 0.0419. The van der Waals surface area contributed by atoms with Gasteiger partial charge in [0.15, 0.2) is 0 Å². The number of hydrogen-bond acceptors (Lipinski definition) is 3. The second kappa shape index (κ2) is 6.29. The van der Waals surface area contributed by atoms with Crippen molar-refractivity contribution in [2.45, 2.75) is 25.9 Å². The number of para-hydroxylation sites is 1. The van der Waals surface area contributed by atoms with E-state index in [1.165, 1.54) is 12.3 Å². The first-order valence-corrected chi connectivity index (χ1v) is 6.32. The Bertz CT molecular complexity index is 528. The molecule has 0 aliphatic heterocycles. The van der Waals surface area contributed by atoms with Gasteiger partial charge in [0.1, 0.15) is 11.6 Å². The van der Waals surface area contributed by atoms with E-state index in [9.17, 15) is 9.50 Å². The molecular weight excluding hydrogens is 243 g/mol. The van der Waals surface area contributed by atoms with Crippen LogP contribution in [0.2, 0.25) is 0 Å². The van der Waals surface area contributed by atoms with Crippen molar-refractivity contribution < 1.29 is 9.50 Å². The molecule has 0 bridgehead atoms. The summed E-state index contributed by atoms with van der Waals surface area (Å²) in [5.41, 5.74) is 1.64. The van der Waals surface area contributed by atoms with Gasteiger partial charge in [0.05, 0.1) is 11.9 Å². The number of hydrogen-bond donors (Lipinski definition) is 2. The maximum Gasteiger partial charge on any atom is 0.141 e. The highest BCUT2D eigenvalue weighted by atomic mass is 19.1. The number of phenols is 1. The normalized spacial score (nSPS) is 12.3. The number of nitrogens with one attached hydrogen (secondary N) is 1. The van der Waals surface area contributed by atoms with Gasteiger partial charge < -0.3 is 10.4 Å². The third-order valence-corrected chi connectivity index (χ3v) is 3.05. The van der Waals surface area contributed by atoms with Gasteiger partial charge in [0, 0.05) is 18.2 Å². The fourth-order valence-corrected chi connectivity index (χ4v) is 1.94. The van der Waals surface area contributed by atoms with Crippen molar-refractivity contribution in [2.75, 3.05) is 0 Å². The first-order chi connectivity index (χ1) is 9.20. The number of benzene rings is 1. The number of halogens is 1. The molecule has 0 aliphatic rings. The van der Waals surface area contributed by atoms with Gasteiger partial charge in [0.2, 0.25) is 0 Å². The van der Waals surface area contributed by atoms with Crippen LogP contribution in [0.3, 0.4) is 0 Å². The maximum atomic E-state index is 12.8. The van der Waals surface area contributed by atoms with Gasteiger partial charge in [-0.05, 0) is 24.6 Å². The van der Waals surface area contributed by atoms with E-state index < -0.39 is 0 Å². The van der Waals surface area contributed by atoms with Crippen molar-refractivity contribution in [3.05, 3.63) is 59.7 Å². The van der Waals surface area contributed by atoms with E-state index in [4.69, 9.17) is 0 Å². The molecule has 100 valence electrons. The quantitative estimate of drug-likeness (QED) is 0.868. The van der Waals surface area contributed by atoms with Crippen LogP contribution in [0.1, 0.15) is 30.6 Å². The highest BCUT2D eigenvalue weighted by molar-refractivity contribution is 5.31. The van der Waals surface area contributed by atoms with Gasteiger partial charge in [0.25, 0.3) is 0 Å². The molecule has 1 unspecified atom stereocenters. The van der Waals surface area contributed by atoms with Crippen LogP contribution in [-0.4, -0.2) is 10.1 Å². The van der Waals surface area contributed by atoms with Crippen LogP contribution < -0.4 is 5.32 Å². The van der Waals surface area contributed by atoms with Crippen LogP contribution in [0.25, 0.3) is 0 Å². The number of nitrogens with zero attached hydrogens (tertiary/aromatic N) is 1. The Morgan fingerprint density at radius 2 is 2.05 bits per heavy atom. The molecule has 0 fully saturated rings. The minimum Gasteiger partial charge on any atom is -0.508 e. The van der Waals surface area contributed by atoms with Crippen molar-refractivity contribution in [3.8, 4) is 5.75 Å². The number of rotatable bonds is 5. The zero-order valence-corrected chi connectivity index (χ0v) is 10.8. The lowest BCUT2D eigenvalue weighted by Crippen LogP contribution is -2.21. The van der Waals surface area contributed by atoms with Gasteiger partial charge in [-0.25, -0.2) is 4.39 Å². The summed E-state index contributed by atoms with van der Waals surface area (Å²) in [6.07, 6.45) is 2.06. The van der Waals surface area contributed by atoms with Crippen LogP contribution in [0.5, 0.6) is 5.75 Å². The summed E-state index contributed by atoms with van der Waals surface area (Å²) in [6, 6.07) is 10.3. The Morgan fingerprint density at radius 1 is 1.26 bits per heavy atom. The lowest BCUT2D eigenvalue weighted by molar-refractivity contribution is 0.452. The second-order valence-electron chi connectivity index (χ2n) is 4.37. The van der Waals surface area contributed by atoms with E-state index in [1.807, 2.05) is 19.1 Å². The zero-order valence-electron chi connectivity index (χ0n) is 10.8. The Kier molecular flexibility index (Phi) is 4.47. The lowest BCUT2D eigenvalue weighted by atomic mass is 10.1. The molecule has 19 heavy (non-hydrogen) atoms. The average molecular weight is 260 g/mol. The van der Waals surface area contributed by atoms with Crippen LogP contribution in [0.15, 0.2) is 42.6 Å². The van der Waals surface area contributed by atoms with E-state index in [1.54, 1.807) is 18.2 Å². The molecule has 2 rings (SSSR count). The predicted octanol–water partition coefficient (Wildman–Crippen LogP) is 3.17. The molecule has 0 saturated heterocycles. The lowest BCUT2D eigenvalue weighted by Gasteiger charge is -2.16. The van der Waals surface area contributed by atoms with E-state index >= 15 is 0 Å². The summed E-state index contributed by atoms with van der Waals surface area (Å²) in [6.45, 7) is 2.58. The van der Waals surface area contributed by atoms with Crippen molar-refractivity contribution in [1.29, 1.82) is 0 Å². The molecule has 1 aromatic carbocycles. The second-order valence-corrected chi connectivity index (χ2v) is 4.37. The average Bonchev–Trinajstić information content (AvgIpc) is 2.43. The molecule has 4 heteroatoms. The highest BCUT2D eigenvalue weighted by Gasteiger charge is 2.11. The molecule has 0 saturated carbocycles. The number of aromatic nitrogens is 1. The molecule has 0 spiro atoms. The largest absolute Gasteiger partial charge is 0.508 e. The SMILES string of the molecule is CCC(NCc1ccccc1O)c1ccc(F)cn1. The standard InChI is InChI=1S/C15H17FN2O/c1-2-13(14-8-7-12(16)10-18-14)17-9-11-5-3-4-6-15(11)19/h3-8,10,13,17,19H,2,9H2,1H3. The molecule has 0 amide bonds. The molecule has 2 N–H and O–H groups in total. The molecule has 3 nitrogen and oxygen atoms in total. The highest BCUT2D eigenvalue weighted by Crippen LogP contribution is 2.19. The molecule has 0 radical (unpaired) electrons. The molecule has 1 heterocycles. The third kappa shape index (κ3) is 3.51. The van der Waals surface area contributed by atoms with Crippen molar-refractivity contribution in [1.82, 2.24) is 10.3 Å². The molecule has 2 aromatic rings. The Hall–Kier alpha value is -1.94. The first-order valence-electron chi connectivity index (χ1n) is 6.32. The van der Waals surface area contributed by atoms with Gasteiger partial charge in [-0.3, -0.25) is 4.98 Å². The molecule has 0 aliphatic carbocycles. The van der Waals surface area contributed by atoms with E-state index in [0.717, 1.165) is 17.7 Å². The van der Waals surface area contributed by atoms with E-state index in [2.05, 4.69) is 10.3 Å². The minimum atomic E-state index is -0.334. The Balaban J connectivity index is 2.04. The summed E-state index contributed by atoms with van der Waals surface area (Å²) in [5, 5.41) is 13.0. The zero-order chi connectivity index (χ0) is 13.7. The summed E-state index contributed by atoms with van der Waals surface area (Å²) in [5.74, 6) is -0.0591. The summed E-state index contributed by atoms with van der Waals surface area (Å²) in [4.78, 5) is 4.08. The molecule has 1 aromatic heterocycles. The fourth-order valence-electron chi connectivity index (χ4n) is 1.94. The fraction of sp³-hybridized carbons (Fsp3) is 0.267. The van der Waals surface area contributed by atoms with Gasteiger partial charge in [-0.15, -0.1) is 0 Å². The topological polar surface area (TPSA) is 45.1 Å². The maximum absolute atomic E-state index is 12.8. The van der Waals surface area contributed by atoms with Gasteiger partial charge in [-0.1, -0.05) is 25.1 Å². The molecule has 1 atom stereocenters. The predicted molar refractivity (Wildman–Crippen MR) is 72.2 cm³/mol. The van der Waals surface area contributed by atoms with Crippen molar-refractivity contribution in [3.63, 3.8) is 0 Å². The number of aromatic hydroxyl groups is 1. The summed E-state index contributed by atoms with van der Waals surface area (Å²) >= 11 is 0. The van der Waals surface area contributed by atoms with Crippen LogP contribution in [0, 0.1) is 5.82 Å². The molecular formula is C15H17FN2O. The number of phenolic OH excluding ortho intramolecular Hbond substituents is 1. The van der Waals surface area contributed by atoms with E-state index in [0.29, 0.717) is 6.54 Å². The van der Waals surface area contributed by atoms with Gasteiger partial charge >= 0.3 is 0 Å². The monoisotopic (exact) mass is 260 g/mol. The van der Waals surface area contributed by atoms with Gasteiger partial charge in [-0.2, -0.15) is 0 Å². The summed E-state index contributed by atoms with van der Waals surface area (Å²) in [7, 11) is 0. The van der Waals surface area contributed by atoms with Crippen LogP contribution in [0.4, 0.5) is 4.39 Å². The van der Waals surface area contributed by atoms with Crippen molar-refractivity contribution >= 4 is 0 Å². The summed E-state index contributed by atoms with van der Waals surface area (Å²) < 4.78 is 12.8.